The molecule has 0 aliphatic heterocycles. The Morgan fingerprint density at radius 2 is 1.70 bits per heavy atom. The highest BCUT2D eigenvalue weighted by atomic mass is 32.1. The van der Waals surface area contributed by atoms with Crippen molar-refractivity contribution in [2.45, 2.75) is 26.7 Å². The lowest BCUT2D eigenvalue weighted by atomic mass is 10.2. The van der Waals surface area contributed by atoms with Crippen LogP contribution in [0.4, 0.5) is 0 Å². The van der Waals surface area contributed by atoms with E-state index in [2.05, 4.69) is 17.0 Å². The van der Waals surface area contributed by atoms with Gasteiger partial charge in [-0.25, -0.2) is 0 Å². The third kappa shape index (κ3) is 4.36. The van der Waals surface area contributed by atoms with E-state index in [0.29, 0.717) is 21.9 Å². The van der Waals surface area contributed by atoms with E-state index in [-0.39, 0.29) is 5.56 Å². The van der Waals surface area contributed by atoms with Crippen molar-refractivity contribution >= 4 is 22.4 Å². The minimum atomic E-state index is -0.164. The lowest BCUT2D eigenvalue weighted by Gasteiger charge is -2.04. The number of hydrogen-bond donors (Lipinski definition) is 0. The average Bonchev–Trinajstić information content (AvgIpc) is 3.30. The van der Waals surface area contributed by atoms with Gasteiger partial charge in [-0.2, -0.15) is 9.50 Å². The lowest BCUT2D eigenvalue weighted by Crippen LogP contribution is -2.23. The normalized spacial score (nSPS) is 11.9. The average molecular weight is 422 g/mol. The van der Waals surface area contributed by atoms with Crippen LogP contribution in [0.2, 0.25) is 0 Å². The van der Waals surface area contributed by atoms with Crippen molar-refractivity contribution < 1.29 is 9.47 Å². The zero-order valence-electron chi connectivity index (χ0n) is 17.0. The molecule has 0 fully saturated rings. The summed E-state index contributed by atoms with van der Waals surface area (Å²) in [7, 11) is 0. The molecule has 0 saturated heterocycles. The molecule has 0 N–H and O–H groups in total. The Morgan fingerprint density at radius 3 is 2.37 bits per heavy atom. The predicted octanol–water partition coefficient (Wildman–Crippen LogP) is 3.94. The van der Waals surface area contributed by atoms with Crippen LogP contribution in [0.3, 0.4) is 0 Å². The summed E-state index contributed by atoms with van der Waals surface area (Å²) in [5.41, 5.74) is 1.62. The zero-order valence-corrected chi connectivity index (χ0v) is 17.8. The first-order valence-electron chi connectivity index (χ1n) is 10.1. The Hall–Kier alpha value is -3.19. The number of benzene rings is 2. The summed E-state index contributed by atoms with van der Waals surface area (Å²) in [6.45, 7) is 5.41. The van der Waals surface area contributed by atoms with Gasteiger partial charge in [0.1, 0.15) is 11.5 Å². The molecule has 0 bridgehead atoms. The number of hydrogen-bond acceptors (Lipinski definition) is 6. The summed E-state index contributed by atoms with van der Waals surface area (Å²) in [5, 5.41) is 4.40. The molecule has 0 radical (unpaired) electrons. The van der Waals surface area contributed by atoms with Gasteiger partial charge in [0.05, 0.1) is 17.7 Å². The van der Waals surface area contributed by atoms with Gasteiger partial charge in [0.2, 0.25) is 4.96 Å². The SMILES string of the molecule is CCCCOc1ccc(C=c2sc3nc(-c4ccc(OCC)cc4)nn3c2=O)cc1. The molecule has 2 aromatic heterocycles. The van der Waals surface area contributed by atoms with E-state index in [4.69, 9.17) is 9.47 Å². The molecule has 0 unspecified atom stereocenters. The van der Waals surface area contributed by atoms with E-state index in [1.165, 1.54) is 15.9 Å². The van der Waals surface area contributed by atoms with Crippen LogP contribution in [0.15, 0.2) is 53.3 Å². The van der Waals surface area contributed by atoms with Gasteiger partial charge in [-0.1, -0.05) is 36.8 Å². The highest BCUT2D eigenvalue weighted by Gasteiger charge is 2.12. The molecule has 154 valence electrons. The Balaban J connectivity index is 1.57. The van der Waals surface area contributed by atoms with Crippen LogP contribution in [0, 0.1) is 0 Å². The van der Waals surface area contributed by atoms with Gasteiger partial charge in [0.25, 0.3) is 5.56 Å². The number of aromatic nitrogens is 3. The monoisotopic (exact) mass is 421 g/mol. The second-order valence-corrected chi connectivity index (χ2v) is 7.78. The lowest BCUT2D eigenvalue weighted by molar-refractivity contribution is 0.309. The van der Waals surface area contributed by atoms with E-state index < -0.39 is 0 Å². The largest absolute Gasteiger partial charge is 0.494 e. The van der Waals surface area contributed by atoms with Crippen molar-refractivity contribution in [1.29, 1.82) is 0 Å². The molecule has 30 heavy (non-hydrogen) atoms. The minimum Gasteiger partial charge on any atom is -0.494 e. The molecular formula is C23H23N3O3S. The summed E-state index contributed by atoms with van der Waals surface area (Å²) < 4.78 is 13.1. The first-order chi connectivity index (χ1) is 14.7. The smallest absolute Gasteiger partial charge is 0.291 e. The first-order valence-corrected chi connectivity index (χ1v) is 10.9. The summed E-state index contributed by atoms with van der Waals surface area (Å²) in [6, 6.07) is 15.3. The fourth-order valence-corrected chi connectivity index (χ4v) is 3.88. The molecule has 2 aromatic carbocycles. The number of fused-ring (bicyclic) bond motifs is 1. The third-order valence-corrected chi connectivity index (χ3v) is 5.51. The summed E-state index contributed by atoms with van der Waals surface area (Å²) in [5.74, 6) is 2.16. The Kier molecular flexibility index (Phi) is 6.09. The van der Waals surface area contributed by atoms with Crippen molar-refractivity contribution in [3.8, 4) is 22.9 Å². The molecule has 0 amide bonds. The van der Waals surface area contributed by atoms with Gasteiger partial charge in [0, 0.05) is 5.56 Å². The summed E-state index contributed by atoms with van der Waals surface area (Å²) in [6.07, 6.45) is 4.00. The highest BCUT2D eigenvalue weighted by molar-refractivity contribution is 7.15. The van der Waals surface area contributed by atoms with Crippen LogP contribution < -0.4 is 19.6 Å². The molecule has 6 nitrogen and oxygen atoms in total. The first kappa shape index (κ1) is 20.1. The molecule has 7 heteroatoms. The second kappa shape index (κ2) is 9.09. The fourth-order valence-electron chi connectivity index (χ4n) is 2.97. The third-order valence-electron chi connectivity index (χ3n) is 4.55. The Morgan fingerprint density at radius 1 is 1.00 bits per heavy atom. The van der Waals surface area contributed by atoms with Gasteiger partial charge in [-0.15, -0.1) is 5.10 Å². The fraction of sp³-hybridized carbons (Fsp3) is 0.261. The van der Waals surface area contributed by atoms with Crippen molar-refractivity contribution in [3.63, 3.8) is 0 Å². The molecule has 0 aliphatic rings. The van der Waals surface area contributed by atoms with Crippen LogP contribution >= 0.6 is 11.3 Å². The van der Waals surface area contributed by atoms with Gasteiger partial charge < -0.3 is 9.47 Å². The maximum absolute atomic E-state index is 12.8. The number of unbranched alkanes of at least 4 members (excludes halogenated alkanes) is 1. The van der Waals surface area contributed by atoms with Crippen molar-refractivity contribution in [3.05, 3.63) is 69.0 Å². The van der Waals surface area contributed by atoms with Crippen molar-refractivity contribution in [2.24, 2.45) is 0 Å². The zero-order chi connectivity index (χ0) is 20.9. The van der Waals surface area contributed by atoms with Gasteiger partial charge in [0.15, 0.2) is 5.82 Å². The topological polar surface area (TPSA) is 65.7 Å². The predicted molar refractivity (Wildman–Crippen MR) is 119 cm³/mol. The number of rotatable bonds is 8. The molecule has 4 rings (SSSR count). The standard InChI is InChI=1S/C23H23N3O3S/c1-3-5-14-29-19-10-6-16(7-11-19)15-20-22(27)26-23(30-20)24-21(25-26)17-8-12-18(13-9-17)28-4-2/h6-13,15H,3-5,14H2,1-2H3. The van der Waals surface area contributed by atoms with Crippen LogP contribution in [0.1, 0.15) is 32.3 Å². The number of ether oxygens (including phenoxy) is 2. The quantitative estimate of drug-likeness (QED) is 0.403. The minimum absolute atomic E-state index is 0.164. The number of thiazole rings is 1. The van der Waals surface area contributed by atoms with Crippen LogP contribution in [0.5, 0.6) is 11.5 Å². The van der Waals surface area contributed by atoms with Crippen molar-refractivity contribution in [1.82, 2.24) is 14.6 Å². The molecule has 0 atom stereocenters. The highest BCUT2D eigenvalue weighted by Crippen LogP contribution is 2.20. The molecular weight excluding hydrogens is 398 g/mol. The summed E-state index contributed by atoms with van der Waals surface area (Å²) in [4.78, 5) is 17.9. The van der Waals surface area contributed by atoms with Crippen LogP contribution in [-0.2, 0) is 0 Å². The van der Waals surface area contributed by atoms with E-state index >= 15 is 0 Å². The second-order valence-electron chi connectivity index (χ2n) is 6.77. The van der Waals surface area contributed by atoms with Crippen molar-refractivity contribution in [2.75, 3.05) is 13.2 Å². The van der Waals surface area contributed by atoms with E-state index in [1.807, 2.05) is 61.5 Å². The van der Waals surface area contributed by atoms with Gasteiger partial charge >= 0.3 is 0 Å². The molecule has 4 aromatic rings. The summed E-state index contributed by atoms with van der Waals surface area (Å²) >= 11 is 1.33. The molecule has 0 aliphatic carbocycles. The number of nitrogens with zero attached hydrogens (tertiary/aromatic N) is 3. The maximum atomic E-state index is 12.8. The molecule has 0 saturated carbocycles. The van der Waals surface area contributed by atoms with Crippen LogP contribution in [0.25, 0.3) is 22.4 Å². The molecule has 2 heterocycles. The van der Waals surface area contributed by atoms with E-state index in [0.717, 1.165) is 42.1 Å². The molecule has 0 spiro atoms. The maximum Gasteiger partial charge on any atom is 0.291 e. The van der Waals surface area contributed by atoms with Gasteiger partial charge in [-0.3, -0.25) is 4.79 Å². The van der Waals surface area contributed by atoms with E-state index in [1.54, 1.807) is 0 Å². The van der Waals surface area contributed by atoms with Gasteiger partial charge in [-0.05, 0) is 61.4 Å². The Labute approximate surface area is 178 Å². The van der Waals surface area contributed by atoms with Crippen LogP contribution in [-0.4, -0.2) is 27.8 Å². The Bertz CT molecular complexity index is 1230. The van der Waals surface area contributed by atoms with E-state index in [9.17, 15) is 4.79 Å².